The van der Waals surface area contributed by atoms with Crippen LogP contribution in [-0.2, 0) is 6.54 Å². The van der Waals surface area contributed by atoms with Crippen LogP contribution in [0.15, 0.2) is 79.3 Å². The van der Waals surface area contributed by atoms with Crippen LogP contribution < -0.4 is 10.6 Å². The number of Topliss-reactive ketones (excluding diaryl/α,β-unsaturated/α-hetero) is 1. The summed E-state index contributed by atoms with van der Waals surface area (Å²) in [6.45, 7) is 3.90. The van der Waals surface area contributed by atoms with Gasteiger partial charge < -0.3 is 20.1 Å². The van der Waals surface area contributed by atoms with Crippen molar-refractivity contribution in [2.24, 2.45) is 0 Å². The Morgan fingerprint density at radius 2 is 1.73 bits per heavy atom. The first-order valence-corrected chi connectivity index (χ1v) is 13.1. The largest absolute Gasteiger partial charge is 0.334 e. The summed E-state index contributed by atoms with van der Waals surface area (Å²) >= 11 is 0. The number of benzene rings is 2. The smallest absolute Gasteiger partial charge is 0.319 e. The van der Waals surface area contributed by atoms with E-state index in [1.54, 1.807) is 12.4 Å². The van der Waals surface area contributed by atoms with Crippen molar-refractivity contribution >= 4 is 28.4 Å². The number of pyridine rings is 1. The van der Waals surface area contributed by atoms with Crippen molar-refractivity contribution in [2.45, 2.75) is 38.6 Å². The zero-order chi connectivity index (χ0) is 25.5. The fraction of sp³-hybridized carbons (Fsp3) is 0.300. The fourth-order valence-corrected chi connectivity index (χ4v) is 4.94. The summed E-state index contributed by atoms with van der Waals surface area (Å²) in [4.78, 5) is 32.0. The van der Waals surface area contributed by atoms with Crippen molar-refractivity contribution in [3.05, 3.63) is 90.4 Å². The van der Waals surface area contributed by atoms with Gasteiger partial charge in [-0.15, -0.1) is 0 Å². The molecule has 0 spiro atoms. The maximum absolute atomic E-state index is 13.2. The summed E-state index contributed by atoms with van der Waals surface area (Å²) in [6, 6.07) is 19.1. The highest BCUT2D eigenvalue weighted by Gasteiger charge is 2.16. The van der Waals surface area contributed by atoms with E-state index < -0.39 is 0 Å². The van der Waals surface area contributed by atoms with Crippen LogP contribution in [0, 0.1) is 0 Å². The molecule has 2 aromatic heterocycles. The predicted octanol–water partition coefficient (Wildman–Crippen LogP) is 5.80. The molecule has 0 unspecified atom stereocenters. The second-order valence-electron chi connectivity index (χ2n) is 9.57. The molecular formula is C30H33N5O2. The Morgan fingerprint density at radius 1 is 0.919 bits per heavy atom. The third-order valence-corrected chi connectivity index (χ3v) is 6.92. The number of urea groups is 1. The quantitative estimate of drug-likeness (QED) is 0.215. The van der Waals surface area contributed by atoms with E-state index in [-0.39, 0.29) is 11.8 Å². The van der Waals surface area contributed by atoms with E-state index >= 15 is 0 Å². The Balaban J connectivity index is 1.23. The van der Waals surface area contributed by atoms with Crippen LogP contribution in [0.3, 0.4) is 0 Å². The predicted molar refractivity (Wildman–Crippen MR) is 147 cm³/mol. The minimum absolute atomic E-state index is 0.194. The van der Waals surface area contributed by atoms with Gasteiger partial charge in [0.05, 0.1) is 5.52 Å². The van der Waals surface area contributed by atoms with E-state index in [1.807, 2.05) is 66.9 Å². The zero-order valence-corrected chi connectivity index (χ0v) is 21.0. The van der Waals surface area contributed by atoms with E-state index in [2.05, 4.69) is 25.1 Å². The van der Waals surface area contributed by atoms with Gasteiger partial charge in [0.2, 0.25) is 0 Å². The highest BCUT2D eigenvalue weighted by Crippen LogP contribution is 2.27. The average Bonchev–Trinajstić information content (AvgIpc) is 3.59. The molecule has 2 amide bonds. The molecule has 0 radical (unpaired) electrons. The van der Waals surface area contributed by atoms with Gasteiger partial charge >= 0.3 is 6.03 Å². The number of anilines is 1. The summed E-state index contributed by atoms with van der Waals surface area (Å²) in [5.74, 6) is 0.194. The average molecular weight is 496 g/mol. The molecular weight excluding hydrogens is 462 g/mol. The molecule has 2 aromatic carbocycles. The molecule has 2 N–H and O–H groups in total. The first kappa shape index (κ1) is 24.7. The van der Waals surface area contributed by atoms with Crippen molar-refractivity contribution in [1.82, 2.24) is 19.8 Å². The number of amides is 2. The Labute approximate surface area is 217 Å². The summed E-state index contributed by atoms with van der Waals surface area (Å²) in [5.41, 5.74) is 4.33. The lowest BCUT2D eigenvalue weighted by Crippen LogP contribution is -2.28. The van der Waals surface area contributed by atoms with Crippen molar-refractivity contribution in [1.29, 1.82) is 0 Å². The fourth-order valence-electron chi connectivity index (χ4n) is 4.94. The summed E-state index contributed by atoms with van der Waals surface area (Å²) in [5, 5.41) is 6.67. The number of ketones is 1. The first-order valence-electron chi connectivity index (χ1n) is 13.1. The molecule has 1 aliphatic rings. The van der Waals surface area contributed by atoms with Gasteiger partial charge in [-0.05, 0) is 87.3 Å². The number of carbonyl (C=O) groups is 2. The Morgan fingerprint density at radius 3 is 2.51 bits per heavy atom. The molecule has 1 fully saturated rings. The second-order valence-corrected chi connectivity index (χ2v) is 9.57. The van der Waals surface area contributed by atoms with E-state index in [9.17, 15) is 9.59 Å². The maximum Gasteiger partial charge on any atom is 0.319 e. The van der Waals surface area contributed by atoms with Gasteiger partial charge in [-0.1, -0.05) is 24.3 Å². The lowest BCUT2D eigenvalue weighted by molar-refractivity contribution is 0.0979. The molecule has 4 aromatic rings. The van der Waals surface area contributed by atoms with Gasteiger partial charge in [0.1, 0.15) is 0 Å². The monoisotopic (exact) mass is 495 g/mol. The number of fused-ring (bicyclic) bond motifs is 1. The molecule has 0 saturated carbocycles. The second kappa shape index (κ2) is 11.8. The number of nitrogens with zero attached hydrogens (tertiary/aromatic N) is 3. The summed E-state index contributed by atoms with van der Waals surface area (Å²) in [7, 11) is 0. The van der Waals surface area contributed by atoms with Gasteiger partial charge in [0.15, 0.2) is 5.78 Å². The molecule has 0 aliphatic carbocycles. The molecule has 1 saturated heterocycles. The van der Waals surface area contributed by atoms with Crippen LogP contribution in [0.5, 0.6) is 0 Å². The molecule has 5 rings (SSSR count). The normalized spacial score (nSPS) is 13.6. The van der Waals surface area contributed by atoms with E-state index in [1.165, 1.54) is 25.9 Å². The number of para-hydroxylation sites is 1. The number of rotatable bonds is 10. The Bertz CT molecular complexity index is 1340. The van der Waals surface area contributed by atoms with Crippen LogP contribution in [0.1, 0.15) is 48.0 Å². The Hall–Kier alpha value is -3.97. The molecule has 1 aliphatic heterocycles. The van der Waals surface area contributed by atoms with Gasteiger partial charge in [-0.2, -0.15) is 0 Å². The molecule has 0 atom stereocenters. The summed E-state index contributed by atoms with van der Waals surface area (Å²) < 4.78 is 2.05. The van der Waals surface area contributed by atoms with Gasteiger partial charge in [-0.25, -0.2) is 4.79 Å². The van der Waals surface area contributed by atoms with Crippen LogP contribution in [0.25, 0.3) is 16.6 Å². The number of hydrogen-bond donors (Lipinski definition) is 2. The summed E-state index contributed by atoms with van der Waals surface area (Å²) in [6.07, 6.45) is 10.5. The molecule has 190 valence electrons. The van der Waals surface area contributed by atoms with E-state index in [0.29, 0.717) is 18.7 Å². The number of aromatic nitrogens is 2. The number of nitrogens with one attached hydrogen (secondary N) is 2. The van der Waals surface area contributed by atoms with Crippen molar-refractivity contribution in [3.8, 4) is 5.69 Å². The third-order valence-electron chi connectivity index (χ3n) is 6.92. The third kappa shape index (κ3) is 6.24. The van der Waals surface area contributed by atoms with Crippen LogP contribution in [-0.4, -0.2) is 45.9 Å². The van der Waals surface area contributed by atoms with Crippen molar-refractivity contribution in [2.75, 3.05) is 25.0 Å². The van der Waals surface area contributed by atoms with Crippen molar-refractivity contribution in [3.63, 3.8) is 0 Å². The maximum atomic E-state index is 13.2. The standard InChI is InChI=1S/C30H33N5O2/c36-29(11-3-4-17-34-18-5-6-19-34)27-22-35(28-10-2-1-9-26(27)28)25-14-12-24(13-15-25)33-30(37)32-21-23-8-7-16-31-20-23/h1-2,7-10,12-16,20,22H,3-6,11,17-19,21H2,(H2,32,33,37). The number of unbranched alkanes of at least 4 members (excludes halogenated alkanes) is 1. The van der Waals surface area contributed by atoms with Crippen LogP contribution in [0.2, 0.25) is 0 Å². The van der Waals surface area contributed by atoms with E-state index in [0.717, 1.165) is 47.1 Å². The number of likely N-dealkylation sites (tertiary alicyclic amines) is 1. The minimum Gasteiger partial charge on any atom is -0.334 e. The Kier molecular flexibility index (Phi) is 7.91. The molecule has 3 heterocycles. The minimum atomic E-state index is -0.277. The lowest BCUT2D eigenvalue weighted by Gasteiger charge is -2.13. The molecule has 0 bridgehead atoms. The zero-order valence-electron chi connectivity index (χ0n) is 21.0. The highest BCUT2D eigenvalue weighted by molar-refractivity contribution is 6.08. The first-order chi connectivity index (χ1) is 18.2. The molecule has 37 heavy (non-hydrogen) atoms. The number of hydrogen-bond acceptors (Lipinski definition) is 4. The molecule has 7 heteroatoms. The molecule has 7 nitrogen and oxygen atoms in total. The van der Waals surface area contributed by atoms with Gasteiger partial charge in [-0.3, -0.25) is 9.78 Å². The van der Waals surface area contributed by atoms with Crippen LogP contribution in [0.4, 0.5) is 10.5 Å². The SMILES string of the molecule is O=C(NCc1cccnc1)Nc1ccc(-n2cc(C(=O)CCCCN3CCCC3)c3ccccc32)cc1. The highest BCUT2D eigenvalue weighted by atomic mass is 16.2. The van der Waals surface area contributed by atoms with Crippen molar-refractivity contribution < 1.29 is 9.59 Å². The van der Waals surface area contributed by atoms with Crippen LogP contribution >= 0.6 is 0 Å². The van der Waals surface area contributed by atoms with Gasteiger partial charge in [0.25, 0.3) is 0 Å². The number of carbonyl (C=O) groups excluding carboxylic acids is 2. The topological polar surface area (TPSA) is 79.3 Å². The van der Waals surface area contributed by atoms with E-state index in [4.69, 9.17) is 0 Å². The van der Waals surface area contributed by atoms with Gasteiger partial charge in [0, 0.05) is 53.9 Å². The lowest BCUT2D eigenvalue weighted by atomic mass is 10.0.